The molecule has 0 unspecified atom stereocenters. The van der Waals surface area contributed by atoms with Gasteiger partial charge in [-0.15, -0.1) is 0 Å². The van der Waals surface area contributed by atoms with Crippen LogP contribution in [-0.4, -0.2) is 0 Å². The van der Waals surface area contributed by atoms with E-state index in [1.807, 2.05) is 43.4 Å². The van der Waals surface area contributed by atoms with Crippen LogP contribution in [0.3, 0.4) is 0 Å². The Morgan fingerprint density at radius 1 is 1.50 bits per heavy atom. The molecule has 0 N–H and O–H groups in total. The van der Waals surface area contributed by atoms with Crippen molar-refractivity contribution in [2.45, 2.75) is 20.8 Å². The molecule has 0 aliphatic heterocycles. The van der Waals surface area contributed by atoms with E-state index in [1.54, 1.807) is 0 Å². The maximum Gasteiger partial charge on any atom is 0.111 e. The molecule has 0 saturated heterocycles. The van der Waals surface area contributed by atoms with Crippen molar-refractivity contribution in [3.05, 3.63) is 9.91 Å². The van der Waals surface area contributed by atoms with Crippen LogP contribution < -0.4 is 0 Å². The fraction of sp³-hybridized carbons (Fsp3) is 0.667. The number of hydrogen-bond acceptors (Lipinski definition) is 0. The Hall–Kier alpha value is 0.400. The maximum absolute atomic E-state index is 12.5. The lowest BCUT2D eigenvalue weighted by molar-refractivity contribution is 0.386. The molecule has 8 heavy (non-hydrogen) atoms. The largest absolute Gasteiger partial charge is 0.211 e. The van der Waals surface area contributed by atoms with E-state index in [9.17, 15) is 4.39 Å². The van der Waals surface area contributed by atoms with E-state index in [0.717, 1.165) is 0 Å². The van der Waals surface area contributed by atoms with Gasteiger partial charge < -0.3 is 0 Å². The number of hydrogen-bond donors (Lipinski definition) is 0. The second-order valence-corrected chi connectivity index (χ2v) is 3.33. The minimum atomic E-state index is -0.304. The van der Waals surface area contributed by atoms with Gasteiger partial charge >= 0.3 is 0 Å². The summed E-state index contributed by atoms with van der Waals surface area (Å²) in [5, 5.41) is 0. The Morgan fingerprint density at radius 3 is 1.88 bits per heavy atom. The zero-order chi connectivity index (χ0) is 6.78. The van der Waals surface area contributed by atoms with Gasteiger partial charge in [-0.3, -0.25) is 0 Å². The minimum Gasteiger partial charge on any atom is -0.211 e. The van der Waals surface area contributed by atoms with Gasteiger partial charge in [-0.2, -0.15) is 0 Å². The summed E-state index contributed by atoms with van der Waals surface area (Å²) in [5.41, 5.74) is -0.304. The maximum atomic E-state index is 12.5. The summed E-state index contributed by atoms with van der Waals surface area (Å²) in [5.74, 6) is -0.0573. The highest BCUT2D eigenvalue weighted by Gasteiger charge is 2.15. The van der Waals surface area contributed by atoms with Crippen LogP contribution in [0.1, 0.15) is 20.8 Å². The van der Waals surface area contributed by atoms with Crippen molar-refractivity contribution in [1.82, 2.24) is 0 Å². The van der Waals surface area contributed by atoms with Gasteiger partial charge in [0, 0.05) is 9.50 Å². The van der Waals surface area contributed by atoms with Crippen LogP contribution in [0.5, 0.6) is 0 Å². The molecule has 0 nitrogen and oxygen atoms in total. The fourth-order valence-electron chi connectivity index (χ4n) is 0.164. The van der Waals surface area contributed by atoms with E-state index < -0.39 is 0 Å². The van der Waals surface area contributed by atoms with E-state index in [-0.39, 0.29) is 11.2 Å². The summed E-state index contributed by atoms with van der Waals surface area (Å²) in [7, 11) is 0. The highest BCUT2D eigenvalue weighted by molar-refractivity contribution is 14.1. The zero-order valence-corrected chi connectivity index (χ0v) is 7.49. The van der Waals surface area contributed by atoms with E-state index in [4.69, 9.17) is 0 Å². The van der Waals surface area contributed by atoms with Crippen LogP contribution in [0.2, 0.25) is 0 Å². The Kier molecular flexibility index (Phi) is 2.94. The van der Waals surface area contributed by atoms with Crippen LogP contribution in [-0.2, 0) is 0 Å². The molecular weight excluding hydrogens is 218 g/mol. The normalized spacial score (nSPS) is 14.4. The standard InChI is InChI=1S/C6H10FI/c1-6(2,3)5(7)4-8/h4H,1-3H3/b5-4-. The average molecular weight is 228 g/mol. The van der Waals surface area contributed by atoms with Crippen LogP contribution in [0.15, 0.2) is 9.91 Å². The molecule has 0 atom stereocenters. The van der Waals surface area contributed by atoms with Crippen molar-refractivity contribution in [2.24, 2.45) is 5.41 Å². The third-order valence-corrected chi connectivity index (χ3v) is 1.36. The molecule has 0 aliphatic carbocycles. The number of rotatable bonds is 0. The second-order valence-electron chi connectivity index (χ2n) is 2.71. The third-order valence-electron chi connectivity index (χ3n) is 0.812. The van der Waals surface area contributed by atoms with Crippen molar-refractivity contribution < 1.29 is 4.39 Å². The molecule has 0 heterocycles. The number of allylic oxidation sites excluding steroid dienone is 1. The molecule has 0 saturated carbocycles. The molecule has 0 aliphatic rings. The SMILES string of the molecule is CC(C)(C)/C(F)=C/I. The molecule has 48 valence electrons. The van der Waals surface area contributed by atoms with E-state index in [2.05, 4.69) is 0 Å². The van der Waals surface area contributed by atoms with Crippen LogP contribution in [0, 0.1) is 5.41 Å². The summed E-state index contributed by atoms with van der Waals surface area (Å²) < 4.78 is 14.0. The van der Waals surface area contributed by atoms with Gasteiger partial charge in [-0.25, -0.2) is 4.39 Å². The second kappa shape index (κ2) is 2.80. The van der Waals surface area contributed by atoms with Gasteiger partial charge in [0.2, 0.25) is 0 Å². The van der Waals surface area contributed by atoms with Crippen molar-refractivity contribution in [3.63, 3.8) is 0 Å². The van der Waals surface area contributed by atoms with Gasteiger partial charge in [0.05, 0.1) is 0 Å². The summed E-state index contributed by atoms with van der Waals surface area (Å²) in [6, 6.07) is 0. The molecule has 2 heteroatoms. The molecule has 0 radical (unpaired) electrons. The number of halogens is 2. The van der Waals surface area contributed by atoms with E-state index in [1.165, 1.54) is 4.08 Å². The first-order chi connectivity index (χ1) is 3.48. The Labute approximate surface area is 63.3 Å². The predicted octanol–water partition coefficient (Wildman–Crippen LogP) is 3.28. The smallest absolute Gasteiger partial charge is 0.111 e. The topological polar surface area (TPSA) is 0 Å². The lowest BCUT2D eigenvalue weighted by atomic mass is 9.96. The van der Waals surface area contributed by atoms with Gasteiger partial charge in [-0.1, -0.05) is 43.4 Å². The Balaban J connectivity index is 4.03. The quantitative estimate of drug-likeness (QED) is 0.558. The van der Waals surface area contributed by atoms with Gasteiger partial charge in [0.25, 0.3) is 0 Å². The molecule has 0 bridgehead atoms. The summed E-state index contributed by atoms with van der Waals surface area (Å²) >= 11 is 1.90. The van der Waals surface area contributed by atoms with E-state index >= 15 is 0 Å². The van der Waals surface area contributed by atoms with Gasteiger partial charge in [0.1, 0.15) is 5.83 Å². The monoisotopic (exact) mass is 228 g/mol. The summed E-state index contributed by atoms with van der Waals surface area (Å²) in [4.78, 5) is 0. The summed E-state index contributed by atoms with van der Waals surface area (Å²) in [6.45, 7) is 5.53. The first kappa shape index (κ1) is 8.40. The Morgan fingerprint density at radius 2 is 1.88 bits per heavy atom. The van der Waals surface area contributed by atoms with Crippen LogP contribution in [0.25, 0.3) is 0 Å². The van der Waals surface area contributed by atoms with Crippen molar-refractivity contribution >= 4 is 22.6 Å². The van der Waals surface area contributed by atoms with Crippen LogP contribution >= 0.6 is 22.6 Å². The van der Waals surface area contributed by atoms with Crippen LogP contribution in [0.4, 0.5) is 4.39 Å². The summed E-state index contributed by atoms with van der Waals surface area (Å²) in [6.07, 6.45) is 0. The molecular formula is C6H10FI. The first-order valence-electron chi connectivity index (χ1n) is 2.45. The average Bonchev–Trinajstić information content (AvgIpc) is 1.62. The lowest BCUT2D eigenvalue weighted by Gasteiger charge is -2.13. The van der Waals surface area contributed by atoms with Gasteiger partial charge in [-0.05, 0) is 0 Å². The highest BCUT2D eigenvalue weighted by Crippen LogP contribution is 2.26. The highest BCUT2D eigenvalue weighted by atomic mass is 127. The fourth-order valence-corrected chi connectivity index (χ4v) is 1.10. The molecule has 0 fully saturated rings. The molecule has 0 amide bonds. The molecule has 0 aromatic rings. The molecule has 0 aromatic carbocycles. The molecule has 0 spiro atoms. The van der Waals surface area contributed by atoms with Crippen molar-refractivity contribution in [3.8, 4) is 0 Å². The zero-order valence-electron chi connectivity index (χ0n) is 5.33. The Bertz CT molecular complexity index is 99.6. The van der Waals surface area contributed by atoms with Crippen molar-refractivity contribution in [2.75, 3.05) is 0 Å². The predicted molar refractivity (Wildman–Crippen MR) is 42.7 cm³/mol. The first-order valence-corrected chi connectivity index (χ1v) is 3.69. The van der Waals surface area contributed by atoms with Gasteiger partial charge in [0.15, 0.2) is 0 Å². The lowest BCUT2D eigenvalue weighted by Crippen LogP contribution is -2.04. The van der Waals surface area contributed by atoms with E-state index in [0.29, 0.717) is 0 Å². The van der Waals surface area contributed by atoms with Crippen molar-refractivity contribution in [1.29, 1.82) is 0 Å². The molecule has 0 rings (SSSR count). The third kappa shape index (κ3) is 2.64. The molecule has 0 aromatic heterocycles. The minimum absolute atomic E-state index is 0.0573.